The Bertz CT molecular complexity index is 480. The summed E-state index contributed by atoms with van der Waals surface area (Å²) >= 11 is 0. The standard InChI is InChI=1S/C14H23N3O3/c1-9(2)8-17-11(4)12(7-15-17)14(20)16-10(3)5-6-13(18)19/h7,9-10H,5-6,8H2,1-4H3,(H,16,20)(H,18,19). The molecule has 0 saturated heterocycles. The Morgan fingerprint density at radius 2 is 2.05 bits per heavy atom. The number of nitrogens with zero attached hydrogens (tertiary/aromatic N) is 2. The summed E-state index contributed by atoms with van der Waals surface area (Å²) in [7, 11) is 0. The van der Waals surface area contributed by atoms with Gasteiger partial charge in [0.05, 0.1) is 11.8 Å². The van der Waals surface area contributed by atoms with E-state index in [9.17, 15) is 9.59 Å². The first kappa shape index (κ1) is 16.2. The summed E-state index contributed by atoms with van der Waals surface area (Å²) in [6, 6.07) is -0.175. The zero-order chi connectivity index (χ0) is 15.3. The van der Waals surface area contributed by atoms with Crippen molar-refractivity contribution in [2.75, 3.05) is 0 Å². The molecule has 0 radical (unpaired) electrons. The van der Waals surface area contributed by atoms with Gasteiger partial charge in [-0.1, -0.05) is 13.8 Å². The highest BCUT2D eigenvalue weighted by atomic mass is 16.4. The Kier molecular flexibility index (Phi) is 5.73. The van der Waals surface area contributed by atoms with Crippen molar-refractivity contribution in [1.82, 2.24) is 15.1 Å². The van der Waals surface area contributed by atoms with E-state index in [1.54, 1.807) is 13.1 Å². The summed E-state index contributed by atoms with van der Waals surface area (Å²) in [5.41, 5.74) is 1.38. The highest BCUT2D eigenvalue weighted by molar-refractivity contribution is 5.95. The van der Waals surface area contributed by atoms with Crippen LogP contribution in [0.3, 0.4) is 0 Å². The van der Waals surface area contributed by atoms with Crippen molar-refractivity contribution in [2.24, 2.45) is 5.92 Å². The zero-order valence-electron chi connectivity index (χ0n) is 12.5. The average molecular weight is 281 g/mol. The monoisotopic (exact) mass is 281 g/mol. The van der Waals surface area contributed by atoms with Crippen LogP contribution in [0.15, 0.2) is 6.20 Å². The third-order valence-electron chi connectivity index (χ3n) is 3.05. The Balaban J connectivity index is 2.63. The molecule has 0 spiro atoms. The van der Waals surface area contributed by atoms with Crippen molar-refractivity contribution in [3.05, 3.63) is 17.5 Å². The van der Waals surface area contributed by atoms with Gasteiger partial charge in [-0.25, -0.2) is 0 Å². The Labute approximate surface area is 119 Å². The lowest BCUT2D eigenvalue weighted by Crippen LogP contribution is -2.33. The van der Waals surface area contributed by atoms with E-state index in [0.29, 0.717) is 17.9 Å². The van der Waals surface area contributed by atoms with Crippen LogP contribution < -0.4 is 5.32 Å². The van der Waals surface area contributed by atoms with Gasteiger partial charge in [0, 0.05) is 24.7 Å². The van der Waals surface area contributed by atoms with Crippen LogP contribution in [0.5, 0.6) is 0 Å². The number of nitrogens with one attached hydrogen (secondary N) is 1. The molecule has 0 aliphatic rings. The minimum atomic E-state index is -0.855. The number of aromatic nitrogens is 2. The number of carboxylic acid groups (broad SMARTS) is 1. The normalized spacial score (nSPS) is 12.4. The van der Waals surface area contributed by atoms with Gasteiger partial charge >= 0.3 is 5.97 Å². The molecule has 1 rings (SSSR count). The first-order valence-electron chi connectivity index (χ1n) is 6.86. The molecule has 1 aromatic heterocycles. The van der Waals surface area contributed by atoms with E-state index in [-0.39, 0.29) is 18.4 Å². The lowest BCUT2D eigenvalue weighted by atomic mass is 10.1. The minimum Gasteiger partial charge on any atom is -0.481 e. The topological polar surface area (TPSA) is 84.2 Å². The van der Waals surface area contributed by atoms with Crippen LogP contribution in [0, 0.1) is 12.8 Å². The second-order valence-electron chi connectivity index (χ2n) is 5.53. The predicted octanol–water partition coefficient (Wildman–Crippen LogP) is 1.83. The molecule has 6 heteroatoms. The van der Waals surface area contributed by atoms with Gasteiger partial charge in [0.2, 0.25) is 0 Å². The van der Waals surface area contributed by atoms with Gasteiger partial charge in [-0.3, -0.25) is 14.3 Å². The fourth-order valence-electron chi connectivity index (χ4n) is 1.91. The van der Waals surface area contributed by atoms with Crippen molar-refractivity contribution in [3.63, 3.8) is 0 Å². The molecule has 1 amide bonds. The summed E-state index contributed by atoms with van der Waals surface area (Å²) in [6.07, 6.45) is 2.03. The fraction of sp³-hybridized carbons (Fsp3) is 0.643. The van der Waals surface area contributed by atoms with Crippen LogP contribution in [0.2, 0.25) is 0 Å². The lowest BCUT2D eigenvalue weighted by Gasteiger charge is -2.13. The molecule has 112 valence electrons. The molecule has 1 atom stereocenters. The predicted molar refractivity (Wildman–Crippen MR) is 75.6 cm³/mol. The highest BCUT2D eigenvalue weighted by Crippen LogP contribution is 2.10. The van der Waals surface area contributed by atoms with Crippen molar-refractivity contribution < 1.29 is 14.7 Å². The van der Waals surface area contributed by atoms with Crippen LogP contribution in [0.1, 0.15) is 49.7 Å². The molecular formula is C14H23N3O3. The molecule has 0 bridgehead atoms. The van der Waals surface area contributed by atoms with Gasteiger partial charge < -0.3 is 10.4 Å². The number of amides is 1. The van der Waals surface area contributed by atoms with Gasteiger partial charge in [-0.15, -0.1) is 0 Å². The number of carboxylic acids is 1. The third-order valence-corrected chi connectivity index (χ3v) is 3.05. The Hall–Kier alpha value is -1.85. The van der Waals surface area contributed by atoms with Gasteiger partial charge in [-0.2, -0.15) is 5.10 Å². The first-order valence-corrected chi connectivity index (χ1v) is 6.86. The van der Waals surface area contributed by atoms with E-state index >= 15 is 0 Å². The Morgan fingerprint density at radius 3 is 2.60 bits per heavy atom. The van der Waals surface area contributed by atoms with Crippen molar-refractivity contribution in [3.8, 4) is 0 Å². The van der Waals surface area contributed by atoms with E-state index in [1.165, 1.54) is 0 Å². The van der Waals surface area contributed by atoms with Gasteiger partial charge in [0.15, 0.2) is 0 Å². The molecule has 1 aromatic rings. The van der Waals surface area contributed by atoms with Crippen LogP contribution in [0.4, 0.5) is 0 Å². The van der Waals surface area contributed by atoms with Crippen LogP contribution in [0.25, 0.3) is 0 Å². The minimum absolute atomic E-state index is 0.0487. The average Bonchev–Trinajstić information content (AvgIpc) is 2.68. The molecule has 6 nitrogen and oxygen atoms in total. The molecule has 0 aliphatic carbocycles. The molecule has 20 heavy (non-hydrogen) atoms. The summed E-state index contributed by atoms with van der Waals surface area (Å²) in [4.78, 5) is 22.6. The van der Waals surface area contributed by atoms with E-state index in [4.69, 9.17) is 5.11 Å². The van der Waals surface area contributed by atoms with Crippen molar-refractivity contribution >= 4 is 11.9 Å². The van der Waals surface area contributed by atoms with Gasteiger partial charge in [-0.05, 0) is 26.2 Å². The number of hydrogen-bond acceptors (Lipinski definition) is 3. The molecule has 1 heterocycles. The van der Waals surface area contributed by atoms with E-state index < -0.39 is 5.97 Å². The lowest BCUT2D eigenvalue weighted by molar-refractivity contribution is -0.137. The van der Waals surface area contributed by atoms with Crippen molar-refractivity contribution in [1.29, 1.82) is 0 Å². The number of carbonyl (C=O) groups is 2. The summed E-state index contributed by atoms with van der Waals surface area (Å²) in [6.45, 7) is 8.62. The highest BCUT2D eigenvalue weighted by Gasteiger charge is 2.16. The summed E-state index contributed by atoms with van der Waals surface area (Å²) < 4.78 is 1.82. The zero-order valence-corrected chi connectivity index (χ0v) is 12.5. The molecule has 1 unspecified atom stereocenters. The second-order valence-corrected chi connectivity index (χ2v) is 5.53. The number of carbonyl (C=O) groups excluding carboxylic acids is 1. The number of aliphatic carboxylic acids is 1. The largest absolute Gasteiger partial charge is 0.481 e. The maximum atomic E-state index is 12.1. The van der Waals surface area contributed by atoms with E-state index in [2.05, 4.69) is 24.3 Å². The van der Waals surface area contributed by atoms with Crippen molar-refractivity contribution in [2.45, 2.75) is 53.1 Å². The molecule has 0 saturated carbocycles. The summed E-state index contributed by atoms with van der Waals surface area (Å²) in [5.74, 6) is -0.596. The second kappa shape index (κ2) is 7.07. The molecule has 0 fully saturated rings. The molecular weight excluding hydrogens is 258 g/mol. The van der Waals surface area contributed by atoms with Crippen LogP contribution in [-0.2, 0) is 11.3 Å². The smallest absolute Gasteiger partial charge is 0.303 e. The van der Waals surface area contributed by atoms with Gasteiger partial charge in [0.1, 0.15) is 0 Å². The SMILES string of the molecule is Cc1c(C(=O)NC(C)CCC(=O)O)cnn1CC(C)C. The van der Waals surface area contributed by atoms with E-state index in [1.807, 2.05) is 11.6 Å². The molecule has 0 aromatic carbocycles. The first-order chi connectivity index (χ1) is 9.31. The summed E-state index contributed by atoms with van der Waals surface area (Å²) in [5, 5.41) is 15.6. The Morgan fingerprint density at radius 1 is 1.40 bits per heavy atom. The number of hydrogen-bond donors (Lipinski definition) is 2. The maximum Gasteiger partial charge on any atom is 0.303 e. The van der Waals surface area contributed by atoms with E-state index in [0.717, 1.165) is 12.2 Å². The maximum absolute atomic E-state index is 12.1. The molecule has 2 N–H and O–H groups in total. The molecule has 0 aliphatic heterocycles. The van der Waals surface area contributed by atoms with Crippen LogP contribution >= 0.6 is 0 Å². The fourth-order valence-corrected chi connectivity index (χ4v) is 1.91. The quantitative estimate of drug-likeness (QED) is 0.798. The van der Waals surface area contributed by atoms with Gasteiger partial charge in [0.25, 0.3) is 5.91 Å². The number of rotatable bonds is 7. The third kappa shape index (κ3) is 4.68. The van der Waals surface area contributed by atoms with Crippen LogP contribution in [-0.4, -0.2) is 32.8 Å².